The molecule has 1 saturated heterocycles. The van der Waals surface area contributed by atoms with Crippen LogP contribution in [0.1, 0.15) is 32.1 Å². The van der Waals surface area contributed by atoms with Crippen LogP contribution in [0.5, 0.6) is 0 Å². The second kappa shape index (κ2) is 7.01. The van der Waals surface area contributed by atoms with E-state index in [0.717, 1.165) is 48.8 Å². The Morgan fingerprint density at radius 1 is 1.32 bits per heavy atom. The van der Waals surface area contributed by atoms with Gasteiger partial charge in [0.1, 0.15) is 17.8 Å². The van der Waals surface area contributed by atoms with Crippen LogP contribution in [0.15, 0.2) is 18.6 Å². The van der Waals surface area contributed by atoms with Gasteiger partial charge >= 0.3 is 0 Å². The van der Waals surface area contributed by atoms with E-state index in [4.69, 9.17) is 5.26 Å². The third kappa shape index (κ3) is 3.47. The molecule has 1 aliphatic carbocycles. The topological polar surface area (TPSA) is 69.8 Å². The molecule has 6 heteroatoms. The van der Waals surface area contributed by atoms with Crippen LogP contribution in [-0.4, -0.2) is 45.1 Å². The van der Waals surface area contributed by atoms with Gasteiger partial charge < -0.3 is 14.8 Å². The number of nitrogens with zero attached hydrogens (tertiary/aromatic N) is 5. The Morgan fingerprint density at radius 3 is 3.08 bits per heavy atom. The van der Waals surface area contributed by atoms with Crippen molar-refractivity contribution in [3.63, 3.8) is 0 Å². The lowest BCUT2D eigenvalue weighted by atomic mass is 9.85. The molecule has 1 aliphatic heterocycles. The summed E-state index contributed by atoms with van der Waals surface area (Å²) in [6.07, 6.45) is 9.68. The number of anilines is 1. The van der Waals surface area contributed by atoms with E-state index in [9.17, 15) is 0 Å². The Hall–Kier alpha value is -2.13. The zero-order chi connectivity index (χ0) is 17.2. The number of aromatic nitrogens is 3. The Morgan fingerprint density at radius 2 is 2.24 bits per heavy atom. The molecular formula is C19H26N6. The highest BCUT2D eigenvalue weighted by molar-refractivity contribution is 5.87. The van der Waals surface area contributed by atoms with Crippen molar-refractivity contribution >= 4 is 16.9 Å². The molecule has 2 aromatic rings. The largest absolute Gasteiger partial charge is 0.367 e. The van der Waals surface area contributed by atoms with Gasteiger partial charge in [0, 0.05) is 32.4 Å². The molecule has 2 fully saturated rings. The van der Waals surface area contributed by atoms with Crippen LogP contribution in [0.4, 0.5) is 5.82 Å². The van der Waals surface area contributed by atoms with Gasteiger partial charge in [-0.25, -0.2) is 9.97 Å². The maximum absolute atomic E-state index is 9.08. The second-order valence-electron chi connectivity index (χ2n) is 7.63. The third-order valence-electron chi connectivity index (χ3n) is 5.76. The number of aryl methyl sites for hydroxylation is 1. The summed E-state index contributed by atoms with van der Waals surface area (Å²) in [5.74, 6) is 1.92. The van der Waals surface area contributed by atoms with E-state index in [1.54, 1.807) is 6.33 Å². The van der Waals surface area contributed by atoms with Gasteiger partial charge in [0.2, 0.25) is 0 Å². The van der Waals surface area contributed by atoms with Gasteiger partial charge in [-0.1, -0.05) is 6.42 Å². The molecule has 2 aliphatic rings. The van der Waals surface area contributed by atoms with Gasteiger partial charge in [0.15, 0.2) is 0 Å². The summed E-state index contributed by atoms with van der Waals surface area (Å²) in [5, 5.41) is 13.9. The minimum atomic E-state index is 0.241. The summed E-state index contributed by atoms with van der Waals surface area (Å²) < 4.78 is 2.03. The Labute approximate surface area is 148 Å². The molecule has 0 aromatic carbocycles. The SMILES string of the molecule is Cn1ccc2c(N[C@H]3CCC[C@@H](CN4CC[C@H](C#N)C4)C3)ncnc21. The summed E-state index contributed by atoms with van der Waals surface area (Å²) in [6.45, 7) is 3.19. The predicted molar refractivity (Wildman–Crippen MR) is 98.0 cm³/mol. The van der Waals surface area contributed by atoms with E-state index in [-0.39, 0.29) is 5.92 Å². The smallest absolute Gasteiger partial charge is 0.145 e. The van der Waals surface area contributed by atoms with Gasteiger partial charge in [-0.2, -0.15) is 5.26 Å². The van der Waals surface area contributed by atoms with Gasteiger partial charge in [0.25, 0.3) is 0 Å². The first-order valence-electron chi connectivity index (χ1n) is 9.37. The second-order valence-corrected chi connectivity index (χ2v) is 7.63. The fourth-order valence-corrected chi connectivity index (χ4v) is 4.44. The molecule has 6 nitrogen and oxygen atoms in total. The van der Waals surface area contributed by atoms with Crippen molar-refractivity contribution in [3.8, 4) is 6.07 Å². The first-order chi connectivity index (χ1) is 12.2. The highest BCUT2D eigenvalue weighted by Crippen LogP contribution is 2.30. The highest BCUT2D eigenvalue weighted by atomic mass is 15.1. The van der Waals surface area contributed by atoms with E-state index < -0.39 is 0 Å². The zero-order valence-corrected chi connectivity index (χ0v) is 14.9. The fraction of sp³-hybridized carbons (Fsp3) is 0.632. The number of likely N-dealkylation sites (tertiary alicyclic amines) is 1. The number of fused-ring (bicyclic) bond motifs is 1. The van der Waals surface area contributed by atoms with Crippen LogP contribution >= 0.6 is 0 Å². The first kappa shape index (κ1) is 16.3. The average Bonchev–Trinajstić information content (AvgIpc) is 3.23. The van der Waals surface area contributed by atoms with E-state index in [1.165, 1.54) is 25.7 Å². The number of nitriles is 1. The molecule has 0 radical (unpaired) electrons. The Kier molecular flexibility index (Phi) is 4.58. The van der Waals surface area contributed by atoms with Crippen LogP contribution < -0.4 is 5.32 Å². The van der Waals surface area contributed by atoms with Gasteiger partial charge in [-0.3, -0.25) is 0 Å². The molecule has 25 heavy (non-hydrogen) atoms. The molecule has 4 rings (SSSR count). The van der Waals surface area contributed by atoms with Gasteiger partial charge in [0.05, 0.1) is 17.4 Å². The van der Waals surface area contributed by atoms with E-state index in [1.807, 2.05) is 17.8 Å². The third-order valence-corrected chi connectivity index (χ3v) is 5.76. The summed E-state index contributed by atoms with van der Waals surface area (Å²) in [4.78, 5) is 11.3. The summed E-state index contributed by atoms with van der Waals surface area (Å²) in [7, 11) is 2.01. The Bertz CT molecular complexity index is 776. The molecule has 0 spiro atoms. The van der Waals surface area contributed by atoms with Crippen molar-refractivity contribution in [3.05, 3.63) is 18.6 Å². The van der Waals surface area contributed by atoms with Crippen molar-refractivity contribution in [1.82, 2.24) is 19.4 Å². The maximum atomic E-state index is 9.08. The average molecular weight is 338 g/mol. The lowest BCUT2D eigenvalue weighted by molar-refractivity contribution is 0.224. The summed E-state index contributed by atoms with van der Waals surface area (Å²) >= 11 is 0. The first-order valence-corrected chi connectivity index (χ1v) is 9.37. The molecule has 132 valence electrons. The number of hydrogen-bond acceptors (Lipinski definition) is 5. The molecule has 3 heterocycles. The molecule has 3 atom stereocenters. The molecule has 2 aromatic heterocycles. The number of rotatable bonds is 4. The van der Waals surface area contributed by atoms with Gasteiger partial charge in [-0.05, 0) is 44.2 Å². The van der Waals surface area contributed by atoms with Crippen molar-refractivity contribution in [2.45, 2.75) is 38.1 Å². The molecule has 1 saturated carbocycles. The van der Waals surface area contributed by atoms with Crippen molar-refractivity contribution in [2.75, 3.05) is 25.0 Å². The number of hydrogen-bond donors (Lipinski definition) is 1. The minimum Gasteiger partial charge on any atom is -0.367 e. The van der Waals surface area contributed by atoms with E-state index in [2.05, 4.69) is 32.3 Å². The molecule has 0 amide bonds. The lowest BCUT2D eigenvalue weighted by Crippen LogP contribution is -2.34. The lowest BCUT2D eigenvalue weighted by Gasteiger charge is -2.32. The van der Waals surface area contributed by atoms with Gasteiger partial charge in [-0.15, -0.1) is 0 Å². The standard InChI is InChI=1S/C19H26N6/c1-24-7-6-17-18(21-13-22-19(17)24)23-16-4-2-3-14(9-16)11-25-8-5-15(10-20)12-25/h6-7,13-16H,2-5,8-9,11-12H2,1H3,(H,21,22,23)/t14-,15-,16+/m1/s1. The van der Waals surface area contributed by atoms with Crippen molar-refractivity contribution in [2.24, 2.45) is 18.9 Å². The van der Waals surface area contributed by atoms with Crippen LogP contribution in [-0.2, 0) is 7.05 Å². The Balaban J connectivity index is 1.39. The molecule has 0 unspecified atom stereocenters. The monoisotopic (exact) mass is 338 g/mol. The van der Waals surface area contributed by atoms with Crippen LogP contribution in [0.3, 0.4) is 0 Å². The van der Waals surface area contributed by atoms with E-state index >= 15 is 0 Å². The van der Waals surface area contributed by atoms with Crippen molar-refractivity contribution in [1.29, 1.82) is 5.26 Å². The molecule has 0 bridgehead atoms. The predicted octanol–water partition coefficient (Wildman–Crippen LogP) is 2.78. The summed E-state index contributed by atoms with van der Waals surface area (Å²) in [6, 6.07) is 4.99. The quantitative estimate of drug-likeness (QED) is 0.928. The van der Waals surface area contributed by atoms with Crippen LogP contribution in [0, 0.1) is 23.2 Å². The zero-order valence-electron chi connectivity index (χ0n) is 14.9. The highest BCUT2D eigenvalue weighted by Gasteiger charge is 2.28. The van der Waals surface area contributed by atoms with Crippen LogP contribution in [0.2, 0.25) is 0 Å². The number of nitrogens with one attached hydrogen (secondary N) is 1. The van der Waals surface area contributed by atoms with Crippen LogP contribution in [0.25, 0.3) is 11.0 Å². The maximum Gasteiger partial charge on any atom is 0.145 e. The normalized spacial score (nSPS) is 27.4. The fourth-order valence-electron chi connectivity index (χ4n) is 4.44. The molecular weight excluding hydrogens is 312 g/mol. The van der Waals surface area contributed by atoms with Crippen molar-refractivity contribution < 1.29 is 0 Å². The molecule has 1 N–H and O–H groups in total. The van der Waals surface area contributed by atoms with E-state index in [0.29, 0.717) is 6.04 Å². The minimum absolute atomic E-state index is 0.241. The summed E-state index contributed by atoms with van der Waals surface area (Å²) in [5.41, 5.74) is 0.976.